The fraction of sp³-hybridized carbons (Fsp3) is 0. The molecule has 578 valence electrons. The summed E-state index contributed by atoms with van der Waals surface area (Å²) in [5.74, 6) is 0. The molecule has 4 heterocycles. The first-order chi connectivity index (χ1) is 61.5. The minimum Gasteiger partial charge on any atom is -0.309 e. The third-order valence-electron chi connectivity index (χ3n) is 25.1. The van der Waals surface area contributed by atoms with Crippen molar-refractivity contribution in [3.05, 3.63) is 473 Å². The summed E-state index contributed by atoms with van der Waals surface area (Å²) < 4.78 is 4.84. The Kier molecular flexibility index (Phi) is 18.2. The summed E-state index contributed by atoms with van der Waals surface area (Å²) in [6.07, 6.45) is 3.75. The Labute approximate surface area is 718 Å². The Morgan fingerprint density at radius 2 is 0.435 bits per heavy atom. The van der Waals surface area contributed by atoms with Crippen molar-refractivity contribution in [2.24, 2.45) is 0 Å². The van der Waals surface area contributed by atoms with Crippen LogP contribution in [0, 0.1) is 0 Å². The molecule has 4 heteroatoms. The average Bonchev–Trinajstić information content (AvgIpc) is 1.41. The molecule has 25 rings (SSSR count). The minimum atomic E-state index is 0.946. The molecule has 0 aliphatic rings. The van der Waals surface area contributed by atoms with Gasteiger partial charge in [-0.25, -0.2) is 0 Å². The second kappa shape index (κ2) is 31.1. The number of hydrogen-bond acceptors (Lipinski definition) is 2. The number of aromatic nitrogens is 4. The third-order valence-corrected chi connectivity index (χ3v) is 25.1. The number of hydrogen-bond donors (Lipinski definition) is 0. The summed E-state index contributed by atoms with van der Waals surface area (Å²) in [4.78, 5) is 9.34. The van der Waals surface area contributed by atoms with Crippen LogP contribution in [0.2, 0.25) is 0 Å². The van der Waals surface area contributed by atoms with Gasteiger partial charge in [-0.1, -0.05) is 376 Å². The molecule has 0 bridgehead atoms. The van der Waals surface area contributed by atoms with E-state index in [0.717, 1.165) is 33.2 Å². The second-order valence-electron chi connectivity index (χ2n) is 32.2. The van der Waals surface area contributed by atoms with Crippen LogP contribution in [0.15, 0.2) is 473 Å². The van der Waals surface area contributed by atoms with Gasteiger partial charge in [-0.2, -0.15) is 0 Å². The molecule has 25 aromatic rings. The van der Waals surface area contributed by atoms with Crippen LogP contribution in [0.5, 0.6) is 0 Å². The average molecular weight is 1580 g/mol. The smallest absolute Gasteiger partial charge is 0.0970 e. The molecular formula is C120H78N4. The zero-order chi connectivity index (χ0) is 82.0. The highest BCUT2D eigenvalue weighted by atomic mass is 15.0. The van der Waals surface area contributed by atoms with Gasteiger partial charge in [-0.05, 0) is 239 Å². The molecule has 0 amide bonds. The number of rotatable bonds is 10. The van der Waals surface area contributed by atoms with E-state index in [1.807, 2.05) is 24.5 Å². The first kappa shape index (κ1) is 72.8. The standard InChI is InChI=1S/C50H33N.C46H29N.C24H16N2/c1-2-12-46(13-3-1)51-49-28-26-44(38-18-14-36(15-19-38)42-24-22-34-8-4-6-10-40(34)30-42)32-47(49)48-33-45(27-29-50(48)51)39-20-16-37(17-21-39)43-25-23-35-9-5-7-11-41(35)31-43;1-2-14-32(15-3-1)43-37-18-8-10-20-39(37)44(40-21-11-9-19-38(40)43)33-22-26-34(27-23-33)47-41-28-24-30-12-4-6-16-35(30)45(41)46-36-17-7-5-13-31(36)25-29-42(46)47;1-3-7-17(8-4-1)19-13-15-25-23-21(19)11-12-22-20(14-16-26-24(22)23)18-9-5-2-6-10-18/h1-33H;1-29H;1-16H. The third kappa shape index (κ3) is 13.0. The fourth-order valence-electron chi connectivity index (χ4n) is 19.2. The van der Waals surface area contributed by atoms with Crippen molar-refractivity contribution >= 4 is 130 Å². The van der Waals surface area contributed by atoms with Crippen LogP contribution in [0.25, 0.3) is 230 Å². The summed E-state index contributed by atoms with van der Waals surface area (Å²) in [5, 5.41) is 22.6. The van der Waals surface area contributed by atoms with Crippen LogP contribution < -0.4 is 0 Å². The van der Waals surface area contributed by atoms with Gasteiger partial charge in [0.15, 0.2) is 0 Å². The van der Waals surface area contributed by atoms with Gasteiger partial charge in [0.05, 0.1) is 33.1 Å². The molecule has 0 aliphatic carbocycles. The first-order valence-electron chi connectivity index (χ1n) is 42.6. The van der Waals surface area contributed by atoms with Crippen LogP contribution in [-0.4, -0.2) is 19.1 Å². The van der Waals surface area contributed by atoms with Gasteiger partial charge in [-0.3, -0.25) is 9.97 Å². The Bertz CT molecular complexity index is 8000. The Morgan fingerprint density at radius 1 is 0.153 bits per heavy atom. The molecule has 124 heavy (non-hydrogen) atoms. The van der Waals surface area contributed by atoms with E-state index in [-0.39, 0.29) is 0 Å². The molecule has 0 saturated heterocycles. The molecule has 0 atom stereocenters. The van der Waals surface area contributed by atoms with Gasteiger partial charge in [-0.15, -0.1) is 0 Å². The van der Waals surface area contributed by atoms with Crippen molar-refractivity contribution in [3.8, 4) is 100 Å². The summed E-state index contributed by atoms with van der Waals surface area (Å²) in [5.41, 5.74) is 28.6. The zero-order valence-electron chi connectivity index (χ0n) is 67.8. The SMILES string of the molecule is c1ccc(-c2c3ccccc3c(-c3ccc(-n4c5ccc6ccccc6c5c5c6ccccc6ccc54)cc3)c3ccccc23)cc1.c1ccc(-c2ccnc3c2ccc2c(-c4ccccc4)ccnc23)cc1.c1ccc(-n2c3ccc(-c4ccc(-c5ccc6ccccc6c5)cc4)cc3c3cc(-c4ccc(-c5ccc6ccccc6c5)cc4)ccc32)cc1. The summed E-state index contributed by atoms with van der Waals surface area (Å²) in [6.45, 7) is 0. The van der Waals surface area contributed by atoms with E-state index in [0.29, 0.717) is 0 Å². The van der Waals surface area contributed by atoms with Gasteiger partial charge in [0, 0.05) is 56.1 Å². The molecule has 0 N–H and O–H groups in total. The Hall–Kier alpha value is -16.4. The van der Waals surface area contributed by atoms with Crippen molar-refractivity contribution in [1.29, 1.82) is 0 Å². The van der Waals surface area contributed by atoms with Gasteiger partial charge in [0.2, 0.25) is 0 Å². The monoisotopic (exact) mass is 1570 g/mol. The van der Waals surface area contributed by atoms with Crippen molar-refractivity contribution in [1.82, 2.24) is 19.1 Å². The maximum atomic E-state index is 4.67. The largest absolute Gasteiger partial charge is 0.309 e. The maximum absolute atomic E-state index is 4.67. The van der Waals surface area contributed by atoms with E-state index in [1.165, 1.54) is 197 Å². The molecule has 0 fully saturated rings. The molecule has 4 aromatic heterocycles. The zero-order valence-corrected chi connectivity index (χ0v) is 67.8. The van der Waals surface area contributed by atoms with E-state index in [9.17, 15) is 0 Å². The van der Waals surface area contributed by atoms with E-state index >= 15 is 0 Å². The number of nitrogens with zero attached hydrogens (tertiary/aromatic N) is 4. The fourth-order valence-corrected chi connectivity index (χ4v) is 19.2. The second-order valence-corrected chi connectivity index (χ2v) is 32.2. The van der Waals surface area contributed by atoms with Crippen LogP contribution in [0.3, 0.4) is 0 Å². The molecule has 21 aromatic carbocycles. The lowest BCUT2D eigenvalue weighted by Crippen LogP contribution is -1.95. The first-order valence-corrected chi connectivity index (χ1v) is 42.6. The Balaban J connectivity index is 0.000000113. The highest BCUT2D eigenvalue weighted by Gasteiger charge is 2.22. The molecule has 0 unspecified atom stereocenters. The van der Waals surface area contributed by atoms with Gasteiger partial charge in [0.25, 0.3) is 0 Å². The van der Waals surface area contributed by atoms with Crippen LogP contribution in [0.4, 0.5) is 0 Å². The number of benzene rings is 21. The van der Waals surface area contributed by atoms with Crippen LogP contribution in [0.1, 0.15) is 0 Å². The number of para-hydroxylation sites is 1. The van der Waals surface area contributed by atoms with E-state index in [1.54, 1.807) is 0 Å². The van der Waals surface area contributed by atoms with E-state index in [2.05, 4.69) is 468 Å². The number of pyridine rings is 2. The maximum Gasteiger partial charge on any atom is 0.0970 e. The molecule has 0 aliphatic heterocycles. The lowest BCUT2D eigenvalue weighted by Gasteiger charge is -2.18. The Morgan fingerprint density at radius 3 is 0.847 bits per heavy atom. The van der Waals surface area contributed by atoms with Crippen molar-refractivity contribution in [2.45, 2.75) is 0 Å². The summed E-state index contributed by atoms with van der Waals surface area (Å²) in [6, 6.07) is 167. The molecule has 0 saturated carbocycles. The normalized spacial score (nSPS) is 11.5. The highest BCUT2D eigenvalue weighted by Crippen LogP contribution is 2.47. The van der Waals surface area contributed by atoms with Crippen molar-refractivity contribution in [2.75, 3.05) is 0 Å². The van der Waals surface area contributed by atoms with E-state index < -0.39 is 0 Å². The van der Waals surface area contributed by atoms with Gasteiger partial charge in [0.1, 0.15) is 0 Å². The van der Waals surface area contributed by atoms with Crippen LogP contribution in [-0.2, 0) is 0 Å². The van der Waals surface area contributed by atoms with Crippen molar-refractivity contribution in [3.63, 3.8) is 0 Å². The quantitative estimate of drug-likeness (QED) is 0.101. The lowest BCUT2D eigenvalue weighted by atomic mass is 9.86. The predicted octanol–water partition coefficient (Wildman–Crippen LogP) is 32.6. The van der Waals surface area contributed by atoms with E-state index in [4.69, 9.17) is 0 Å². The molecular weight excluding hydrogens is 1500 g/mol. The van der Waals surface area contributed by atoms with Gasteiger partial charge >= 0.3 is 0 Å². The van der Waals surface area contributed by atoms with Gasteiger partial charge < -0.3 is 9.13 Å². The minimum absolute atomic E-state index is 0.946. The van der Waals surface area contributed by atoms with Crippen molar-refractivity contribution < 1.29 is 0 Å². The molecule has 0 radical (unpaired) electrons. The predicted molar refractivity (Wildman–Crippen MR) is 527 cm³/mol. The topological polar surface area (TPSA) is 35.6 Å². The summed E-state index contributed by atoms with van der Waals surface area (Å²) in [7, 11) is 0. The van der Waals surface area contributed by atoms with Crippen LogP contribution >= 0.6 is 0 Å². The summed E-state index contributed by atoms with van der Waals surface area (Å²) >= 11 is 0. The molecule has 0 spiro atoms. The highest BCUT2D eigenvalue weighted by molar-refractivity contribution is 6.29. The number of fused-ring (bicyclic) bond motifs is 17. The molecule has 4 nitrogen and oxygen atoms in total. The lowest BCUT2D eigenvalue weighted by molar-refractivity contribution is 1.18.